The molecule has 11 aromatic rings. The van der Waals surface area contributed by atoms with Crippen LogP contribution in [0, 0.1) is 0 Å². The smallest absolute Gasteiger partial charge is 0.160 e. The van der Waals surface area contributed by atoms with Crippen molar-refractivity contribution in [3.63, 3.8) is 0 Å². The highest BCUT2D eigenvalue weighted by Crippen LogP contribution is 2.42. The third kappa shape index (κ3) is 5.40. The van der Waals surface area contributed by atoms with Gasteiger partial charge in [-0.25, -0.2) is 9.97 Å². The summed E-state index contributed by atoms with van der Waals surface area (Å²) in [5.41, 5.74) is 9.64. The molecule has 0 aliphatic carbocycles. The fourth-order valence-corrected chi connectivity index (χ4v) is 9.39. The predicted molar refractivity (Wildman–Crippen MR) is 235 cm³/mol. The molecule has 9 aromatic carbocycles. The number of benzene rings is 9. The molecule has 0 spiro atoms. The van der Waals surface area contributed by atoms with Gasteiger partial charge < -0.3 is 0 Å². The number of hydrogen-bond donors (Lipinski definition) is 0. The molecule has 0 atom stereocenters. The van der Waals surface area contributed by atoms with Crippen LogP contribution < -0.4 is 0 Å². The Balaban J connectivity index is 1.06. The van der Waals surface area contributed by atoms with Crippen LogP contribution in [0.3, 0.4) is 0 Å². The Bertz CT molecular complexity index is 3250. The van der Waals surface area contributed by atoms with E-state index in [1.54, 1.807) is 0 Å². The van der Waals surface area contributed by atoms with Crippen LogP contribution in [0.15, 0.2) is 194 Å². The van der Waals surface area contributed by atoms with E-state index in [1.807, 2.05) is 17.4 Å². The summed E-state index contributed by atoms with van der Waals surface area (Å²) >= 11 is 1.85. The lowest BCUT2D eigenvalue weighted by Gasteiger charge is -2.15. The molecule has 0 saturated carbocycles. The summed E-state index contributed by atoms with van der Waals surface area (Å²) in [6.07, 6.45) is 0. The lowest BCUT2D eigenvalue weighted by molar-refractivity contribution is 1.18. The lowest BCUT2D eigenvalue weighted by Crippen LogP contribution is -1.97. The van der Waals surface area contributed by atoms with Gasteiger partial charge in [-0.2, -0.15) is 0 Å². The summed E-state index contributed by atoms with van der Waals surface area (Å²) in [5.74, 6) is 0.700. The van der Waals surface area contributed by atoms with E-state index in [-0.39, 0.29) is 0 Å². The molecule has 0 unspecified atom stereocenters. The molecule has 0 bridgehead atoms. The van der Waals surface area contributed by atoms with Gasteiger partial charge in [0.15, 0.2) is 5.82 Å². The number of fused-ring (bicyclic) bond motifs is 7. The van der Waals surface area contributed by atoms with Gasteiger partial charge in [-0.3, -0.25) is 0 Å². The van der Waals surface area contributed by atoms with Crippen LogP contribution in [0.2, 0.25) is 0 Å². The molecule has 55 heavy (non-hydrogen) atoms. The van der Waals surface area contributed by atoms with Crippen LogP contribution in [0.1, 0.15) is 0 Å². The fraction of sp³-hybridized carbons (Fsp3) is 0. The molecular formula is C52H32N2S. The first-order valence-corrected chi connectivity index (χ1v) is 19.5. The summed E-state index contributed by atoms with van der Waals surface area (Å²) in [5, 5.41) is 10.1. The minimum absolute atomic E-state index is 0.700. The summed E-state index contributed by atoms with van der Waals surface area (Å²) in [6, 6.07) is 69.8. The SMILES string of the molecule is c1ccc(-c2cc(-c3ccccc3-c3ccc4c(c3)sc3ccccc34)nc(-c3ccc(-c4c5ccccc5cc5c4ccc4ccccc45)cc3)n2)cc1. The molecule has 2 nitrogen and oxygen atoms in total. The van der Waals surface area contributed by atoms with E-state index in [9.17, 15) is 0 Å². The van der Waals surface area contributed by atoms with Crippen LogP contribution in [-0.2, 0) is 0 Å². The van der Waals surface area contributed by atoms with Crippen molar-refractivity contribution in [2.75, 3.05) is 0 Å². The molecule has 0 N–H and O–H groups in total. The van der Waals surface area contributed by atoms with Gasteiger partial charge in [0, 0.05) is 36.9 Å². The first-order valence-electron chi connectivity index (χ1n) is 18.6. The average Bonchev–Trinajstić information content (AvgIpc) is 3.64. The van der Waals surface area contributed by atoms with Gasteiger partial charge in [0.05, 0.1) is 11.4 Å². The first kappa shape index (κ1) is 31.6. The van der Waals surface area contributed by atoms with E-state index >= 15 is 0 Å². The molecular weight excluding hydrogens is 685 g/mol. The average molecular weight is 717 g/mol. The van der Waals surface area contributed by atoms with E-state index in [1.165, 1.54) is 69.2 Å². The van der Waals surface area contributed by atoms with Crippen molar-refractivity contribution >= 4 is 63.8 Å². The second kappa shape index (κ2) is 12.9. The minimum atomic E-state index is 0.700. The molecule has 11 rings (SSSR count). The minimum Gasteiger partial charge on any atom is -0.228 e. The molecule has 2 heterocycles. The standard InChI is InChI=1S/C52H32N2S/c1-2-13-34(14-3-1)47-32-48(42-19-9-8-17-40(42)38-27-28-44-43-20-10-11-21-49(43)55-50(44)31-38)54-52(53-47)36-24-22-35(23-25-36)51-41-18-7-5-15-37(41)30-46-39-16-6-4-12-33(39)26-29-45(46)51/h1-32H. The van der Waals surface area contributed by atoms with Gasteiger partial charge in [0.2, 0.25) is 0 Å². The maximum atomic E-state index is 5.31. The monoisotopic (exact) mass is 716 g/mol. The number of thiophene rings is 1. The molecule has 2 aromatic heterocycles. The zero-order valence-electron chi connectivity index (χ0n) is 29.8. The Morgan fingerprint density at radius 3 is 1.78 bits per heavy atom. The number of aromatic nitrogens is 2. The van der Waals surface area contributed by atoms with Crippen LogP contribution in [-0.4, -0.2) is 9.97 Å². The van der Waals surface area contributed by atoms with E-state index in [4.69, 9.17) is 9.97 Å². The van der Waals surface area contributed by atoms with Crippen molar-refractivity contribution in [1.29, 1.82) is 0 Å². The number of nitrogens with zero attached hydrogens (tertiary/aromatic N) is 2. The Kier molecular flexibility index (Phi) is 7.39. The van der Waals surface area contributed by atoms with Crippen molar-refractivity contribution < 1.29 is 0 Å². The van der Waals surface area contributed by atoms with Crippen molar-refractivity contribution in [1.82, 2.24) is 9.97 Å². The zero-order chi connectivity index (χ0) is 36.3. The van der Waals surface area contributed by atoms with Gasteiger partial charge in [-0.05, 0) is 78.8 Å². The van der Waals surface area contributed by atoms with E-state index < -0.39 is 0 Å². The summed E-state index contributed by atoms with van der Waals surface area (Å²) in [7, 11) is 0. The van der Waals surface area contributed by atoms with Gasteiger partial charge in [-0.1, -0.05) is 170 Å². The highest BCUT2D eigenvalue weighted by molar-refractivity contribution is 7.25. The van der Waals surface area contributed by atoms with Crippen LogP contribution in [0.5, 0.6) is 0 Å². The van der Waals surface area contributed by atoms with Crippen molar-refractivity contribution in [3.05, 3.63) is 194 Å². The summed E-state index contributed by atoms with van der Waals surface area (Å²) < 4.78 is 2.60. The lowest BCUT2D eigenvalue weighted by atomic mass is 9.89. The normalized spacial score (nSPS) is 11.6. The Labute approximate surface area is 322 Å². The second-order valence-corrected chi connectivity index (χ2v) is 15.2. The van der Waals surface area contributed by atoms with Gasteiger partial charge in [-0.15, -0.1) is 11.3 Å². The number of hydrogen-bond acceptors (Lipinski definition) is 3. The quantitative estimate of drug-likeness (QED) is 0.131. The fourth-order valence-electron chi connectivity index (χ4n) is 8.24. The third-order valence-electron chi connectivity index (χ3n) is 10.9. The van der Waals surface area contributed by atoms with Gasteiger partial charge in [0.1, 0.15) is 0 Å². The van der Waals surface area contributed by atoms with E-state index in [2.05, 4.69) is 188 Å². The topological polar surface area (TPSA) is 25.8 Å². The molecule has 3 heteroatoms. The first-order chi connectivity index (χ1) is 27.2. The second-order valence-electron chi connectivity index (χ2n) is 14.1. The molecule has 0 amide bonds. The van der Waals surface area contributed by atoms with Gasteiger partial charge >= 0.3 is 0 Å². The Morgan fingerprint density at radius 1 is 0.309 bits per heavy atom. The highest BCUT2D eigenvalue weighted by Gasteiger charge is 2.17. The maximum absolute atomic E-state index is 5.31. The molecule has 0 fully saturated rings. The maximum Gasteiger partial charge on any atom is 0.160 e. The van der Waals surface area contributed by atoms with Crippen LogP contribution >= 0.6 is 11.3 Å². The Hall–Kier alpha value is -6.94. The van der Waals surface area contributed by atoms with Crippen molar-refractivity contribution in [3.8, 4) is 56.2 Å². The molecule has 0 radical (unpaired) electrons. The molecule has 0 aliphatic heterocycles. The van der Waals surface area contributed by atoms with E-state index in [0.717, 1.165) is 33.6 Å². The number of rotatable bonds is 5. The van der Waals surface area contributed by atoms with Crippen molar-refractivity contribution in [2.45, 2.75) is 0 Å². The summed E-state index contributed by atoms with van der Waals surface area (Å²) in [6.45, 7) is 0. The largest absolute Gasteiger partial charge is 0.228 e. The zero-order valence-corrected chi connectivity index (χ0v) is 30.6. The third-order valence-corrected chi connectivity index (χ3v) is 12.0. The highest BCUT2D eigenvalue weighted by atomic mass is 32.1. The molecule has 256 valence electrons. The van der Waals surface area contributed by atoms with Crippen molar-refractivity contribution in [2.24, 2.45) is 0 Å². The predicted octanol–water partition coefficient (Wildman–Crippen LogP) is 14.6. The van der Waals surface area contributed by atoms with Crippen LogP contribution in [0.25, 0.3) is 109 Å². The molecule has 0 aliphatic rings. The summed E-state index contributed by atoms with van der Waals surface area (Å²) in [4.78, 5) is 10.5. The van der Waals surface area contributed by atoms with E-state index in [0.29, 0.717) is 5.82 Å². The Morgan fingerprint density at radius 2 is 0.927 bits per heavy atom. The van der Waals surface area contributed by atoms with Gasteiger partial charge in [0.25, 0.3) is 0 Å². The van der Waals surface area contributed by atoms with Crippen LogP contribution in [0.4, 0.5) is 0 Å². The molecule has 0 saturated heterocycles.